The number of hydrogen-bond acceptors (Lipinski definition) is 5. The zero-order valence-electron chi connectivity index (χ0n) is 24.4. The molecule has 0 aromatic heterocycles. The van der Waals surface area contributed by atoms with Crippen molar-refractivity contribution in [3.63, 3.8) is 0 Å². The van der Waals surface area contributed by atoms with Gasteiger partial charge in [-0.25, -0.2) is 8.42 Å². The van der Waals surface area contributed by atoms with Crippen LogP contribution in [0.2, 0.25) is 0 Å². The second kappa shape index (κ2) is 15.0. The van der Waals surface area contributed by atoms with E-state index in [4.69, 9.17) is 4.74 Å². The van der Waals surface area contributed by atoms with Gasteiger partial charge in [0.1, 0.15) is 18.3 Å². The number of rotatable bonds is 14. The van der Waals surface area contributed by atoms with Crippen LogP contribution in [0.25, 0.3) is 0 Å². The Bertz CT molecular complexity index is 1570. The molecular weight excluding hydrogens is 562 g/mol. The van der Waals surface area contributed by atoms with E-state index in [1.54, 1.807) is 42.5 Å². The summed E-state index contributed by atoms with van der Waals surface area (Å²) in [7, 11) is -4.17. The SMILES string of the molecule is CCNC(=O)[C@H](Cc1ccccc1)N(Cc1ccccc1)C(=O)CN(c1ccccc1)S(=O)(=O)c1ccc(OCC)cc1. The molecule has 4 aromatic carbocycles. The number of hydrogen-bond donors (Lipinski definition) is 1. The first-order chi connectivity index (χ1) is 20.8. The van der Waals surface area contributed by atoms with Gasteiger partial charge >= 0.3 is 0 Å². The molecule has 0 fully saturated rings. The van der Waals surface area contributed by atoms with Gasteiger partial charge < -0.3 is 15.0 Å². The smallest absolute Gasteiger partial charge is 0.264 e. The first-order valence-electron chi connectivity index (χ1n) is 14.3. The second-order valence-corrected chi connectivity index (χ2v) is 11.7. The third-order valence-electron chi connectivity index (χ3n) is 6.86. The van der Waals surface area contributed by atoms with Crippen molar-refractivity contribution in [3.8, 4) is 5.75 Å². The Morgan fingerprint density at radius 1 is 0.767 bits per heavy atom. The van der Waals surface area contributed by atoms with E-state index >= 15 is 0 Å². The predicted octanol–water partition coefficient (Wildman–Crippen LogP) is 5.06. The van der Waals surface area contributed by atoms with Gasteiger partial charge in [0.05, 0.1) is 17.2 Å². The van der Waals surface area contributed by atoms with Crippen LogP contribution in [0.5, 0.6) is 5.75 Å². The zero-order valence-corrected chi connectivity index (χ0v) is 25.2. The lowest BCUT2D eigenvalue weighted by atomic mass is 10.0. The maximum absolute atomic E-state index is 14.3. The lowest BCUT2D eigenvalue weighted by Crippen LogP contribution is -2.53. The molecule has 8 nitrogen and oxygen atoms in total. The Morgan fingerprint density at radius 2 is 1.33 bits per heavy atom. The van der Waals surface area contributed by atoms with Crippen molar-refractivity contribution in [1.29, 1.82) is 0 Å². The van der Waals surface area contributed by atoms with Gasteiger partial charge in [0, 0.05) is 19.5 Å². The van der Waals surface area contributed by atoms with Gasteiger partial charge in [-0.05, 0) is 61.4 Å². The summed E-state index contributed by atoms with van der Waals surface area (Å²) < 4.78 is 34.7. The van der Waals surface area contributed by atoms with Gasteiger partial charge in [-0.15, -0.1) is 0 Å². The summed E-state index contributed by atoms with van der Waals surface area (Å²) in [5.41, 5.74) is 2.03. The summed E-state index contributed by atoms with van der Waals surface area (Å²) in [6, 6.07) is 32.6. The number of carbonyl (C=O) groups excluding carboxylic acids is 2. The highest BCUT2D eigenvalue weighted by Crippen LogP contribution is 2.26. The number of amides is 2. The summed E-state index contributed by atoms with van der Waals surface area (Å²) in [5, 5.41) is 2.87. The highest BCUT2D eigenvalue weighted by Gasteiger charge is 2.34. The van der Waals surface area contributed by atoms with E-state index in [2.05, 4.69) is 5.32 Å². The largest absolute Gasteiger partial charge is 0.494 e. The number of ether oxygens (including phenoxy) is 1. The van der Waals surface area contributed by atoms with E-state index in [1.807, 2.05) is 74.5 Å². The monoisotopic (exact) mass is 599 g/mol. The molecule has 1 atom stereocenters. The van der Waals surface area contributed by atoms with Crippen LogP contribution in [0.4, 0.5) is 5.69 Å². The molecule has 1 N–H and O–H groups in total. The van der Waals surface area contributed by atoms with Gasteiger partial charge in [-0.3, -0.25) is 13.9 Å². The molecule has 224 valence electrons. The van der Waals surface area contributed by atoms with Crippen molar-refractivity contribution in [1.82, 2.24) is 10.2 Å². The predicted molar refractivity (Wildman–Crippen MR) is 168 cm³/mol. The average Bonchev–Trinajstić information content (AvgIpc) is 3.03. The summed E-state index contributed by atoms with van der Waals surface area (Å²) in [4.78, 5) is 29.3. The molecule has 0 spiro atoms. The van der Waals surface area contributed by atoms with Crippen LogP contribution in [0, 0.1) is 0 Å². The fourth-order valence-corrected chi connectivity index (χ4v) is 6.17. The van der Waals surface area contributed by atoms with Crippen LogP contribution in [0.1, 0.15) is 25.0 Å². The minimum Gasteiger partial charge on any atom is -0.494 e. The molecule has 0 heterocycles. The minimum absolute atomic E-state index is 0.0202. The summed E-state index contributed by atoms with van der Waals surface area (Å²) >= 11 is 0. The molecule has 4 rings (SSSR count). The topological polar surface area (TPSA) is 96.0 Å². The summed E-state index contributed by atoms with van der Waals surface area (Å²) in [5.74, 6) is -0.269. The molecule has 0 aliphatic carbocycles. The lowest BCUT2D eigenvalue weighted by Gasteiger charge is -2.33. The van der Waals surface area contributed by atoms with Gasteiger partial charge in [0.2, 0.25) is 11.8 Å². The second-order valence-electron chi connectivity index (χ2n) is 9.86. The fourth-order valence-electron chi connectivity index (χ4n) is 4.75. The van der Waals surface area contributed by atoms with Crippen LogP contribution in [-0.4, -0.2) is 50.9 Å². The van der Waals surface area contributed by atoms with Crippen molar-refractivity contribution in [2.45, 2.75) is 37.8 Å². The summed E-state index contributed by atoms with van der Waals surface area (Å²) in [6.07, 6.45) is 0.266. The van der Waals surface area contributed by atoms with Crippen LogP contribution < -0.4 is 14.4 Å². The third kappa shape index (κ3) is 8.23. The minimum atomic E-state index is -4.17. The van der Waals surface area contributed by atoms with Gasteiger partial charge in [0.15, 0.2) is 0 Å². The Morgan fingerprint density at radius 3 is 1.88 bits per heavy atom. The molecule has 0 unspecified atom stereocenters. The van der Waals surface area contributed by atoms with E-state index < -0.39 is 28.5 Å². The molecule has 0 saturated heterocycles. The molecule has 0 aliphatic heterocycles. The van der Waals surface area contributed by atoms with Crippen LogP contribution in [0.15, 0.2) is 120 Å². The number of nitrogens with zero attached hydrogens (tertiary/aromatic N) is 2. The van der Waals surface area contributed by atoms with Gasteiger partial charge in [-0.1, -0.05) is 78.9 Å². The van der Waals surface area contributed by atoms with E-state index in [-0.39, 0.29) is 23.8 Å². The molecule has 0 bridgehead atoms. The Balaban J connectivity index is 1.75. The number of nitrogens with one attached hydrogen (secondary N) is 1. The molecule has 0 saturated carbocycles. The molecular formula is C34H37N3O5S. The standard InChI is InChI=1S/C34H37N3O5S/c1-3-35-34(39)32(24-27-14-8-5-9-15-27)36(25-28-16-10-6-11-17-28)33(38)26-37(29-18-12-7-13-19-29)43(40,41)31-22-20-30(21-23-31)42-4-2/h5-23,32H,3-4,24-26H2,1-2H3,(H,35,39)/t32-/m0/s1. The fraction of sp³-hybridized carbons (Fsp3) is 0.235. The summed E-state index contributed by atoms with van der Waals surface area (Å²) in [6.45, 7) is 4.13. The van der Waals surface area contributed by atoms with E-state index in [0.29, 0.717) is 24.6 Å². The lowest BCUT2D eigenvalue weighted by molar-refractivity contribution is -0.140. The van der Waals surface area contributed by atoms with E-state index in [0.717, 1.165) is 15.4 Å². The molecule has 9 heteroatoms. The van der Waals surface area contributed by atoms with Gasteiger partial charge in [0.25, 0.3) is 10.0 Å². The maximum Gasteiger partial charge on any atom is 0.264 e. The van der Waals surface area contributed by atoms with Crippen molar-refractivity contribution < 1.29 is 22.7 Å². The normalized spacial score (nSPS) is 11.8. The molecule has 0 radical (unpaired) electrons. The first kappa shape index (κ1) is 31.3. The Kier molecular flexibility index (Phi) is 10.9. The zero-order chi connectivity index (χ0) is 30.7. The van der Waals surface area contributed by atoms with E-state index in [9.17, 15) is 18.0 Å². The van der Waals surface area contributed by atoms with Crippen molar-refractivity contribution >= 4 is 27.5 Å². The number of benzene rings is 4. The quantitative estimate of drug-likeness (QED) is 0.219. The third-order valence-corrected chi connectivity index (χ3v) is 8.65. The van der Waals surface area contributed by atoms with E-state index in [1.165, 1.54) is 17.0 Å². The van der Waals surface area contributed by atoms with Crippen LogP contribution in [0.3, 0.4) is 0 Å². The van der Waals surface area contributed by atoms with Crippen LogP contribution >= 0.6 is 0 Å². The number of likely N-dealkylation sites (N-methyl/N-ethyl adjacent to an activating group) is 1. The molecule has 0 aliphatic rings. The highest BCUT2D eigenvalue weighted by molar-refractivity contribution is 7.92. The number of para-hydroxylation sites is 1. The van der Waals surface area contributed by atoms with Crippen molar-refractivity contribution in [2.24, 2.45) is 0 Å². The highest BCUT2D eigenvalue weighted by atomic mass is 32.2. The van der Waals surface area contributed by atoms with Crippen LogP contribution in [-0.2, 0) is 32.6 Å². The maximum atomic E-state index is 14.3. The van der Waals surface area contributed by atoms with Crippen molar-refractivity contribution in [3.05, 3.63) is 126 Å². The average molecular weight is 600 g/mol. The molecule has 4 aromatic rings. The van der Waals surface area contributed by atoms with Crippen molar-refractivity contribution in [2.75, 3.05) is 24.0 Å². The number of anilines is 1. The number of carbonyl (C=O) groups is 2. The van der Waals surface area contributed by atoms with Gasteiger partial charge in [-0.2, -0.15) is 0 Å². The molecule has 2 amide bonds. The number of sulfonamides is 1. The Labute approximate surface area is 254 Å². The first-order valence-corrected chi connectivity index (χ1v) is 15.7. The molecule has 43 heavy (non-hydrogen) atoms. The Hall–Kier alpha value is -4.63.